The number of piperazine rings is 1. The van der Waals surface area contributed by atoms with Crippen LogP contribution in [0.5, 0.6) is 0 Å². The summed E-state index contributed by atoms with van der Waals surface area (Å²) in [7, 11) is 1.37. The number of carbonyl (C=O) groups excluding carboxylic acids is 2. The zero-order chi connectivity index (χ0) is 28.8. The Kier molecular flexibility index (Phi) is 7.20. The van der Waals surface area contributed by atoms with Crippen molar-refractivity contribution in [2.24, 2.45) is 0 Å². The van der Waals surface area contributed by atoms with Gasteiger partial charge < -0.3 is 19.4 Å². The number of ether oxygens (including phenoxy) is 1. The number of hydrogen-bond acceptors (Lipinski definition) is 7. The van der Waals surface area contributed by atoms with E-state index in [4.69, 9.17) is 21.3 Å². The van der Waals surface area contributed by atoms with Crippen LogP contribution in [0.4, 0.5) is 21.6 Å². The van der Waals surface area contributed by atoms with Crippen LogP contribution < -0.4 is 9.80 Å². The molecule has 0 spiro atoms. The van der Waals surface area contributed by atoms with Gasteiger partial charge in [0.2, 0.25) is 0 Å². The maximum absolute atomic E-state index is 14.2. The van der Waals surface area contributed by atoms with E-state index in [9.17, 15) is 14.0 Å². The number of pyridine rings is 2. The minimum absolute atomic E-state index is 0.0777. The van der Waals surface area contributed by atoms with Crippen molar-refractivity contribution in [2.75, 3.05) is 43.1 Å². The minimum atomic E-state index is -0.502. The highest BCUT2D eigenvalue weighted by molar-refractivity contribution is 6.30. The summed E-state index contributed by atoms with van der Waals surface area (Å²) in [6.45, 7) is 10.5. The van der Waals surface area contributed by atoms with Gasteiger partial charge >= 0.3 is 5.97 Å². The van der Waals surface area contributed by atoms with Crippen LogP contribution in [0.15, 0.2) is 48.7 Å². The number of methoxy groups -OCH3 is 1. The molecule has 4 heterocycles. The van der Waals surface area contributed by atoms with E-state index in [0.29, 0.717) is 37.6 Å². The second-order valence-corrected chi connectivity index (χ2v) is 12.0. The number of anilines is 3. The fraction of sp³-hybridized carbons (Fsp3) is 0.400. The van der Waals surface area contributed by atoms with E-state index < -0.39 is 11.4 Å². The maximum atomic E-state index is 14.2. The van der Waals surface area contributed by atoms with Crippen LogP contribution >= 0.6 is 11.6 Å². The molecule has 2 aliphatic heterocycles. The molecular formula is C30H33ClFN5O3. The Balaban J connectivity index is 1.36. The summed E-state index contributed by atoms with van der Waals surface area (Å²) >= 11 is 5.90. The van der Waals surface area contributed by atoms with Crippen LogP contribution in [0.2, 0.25) is 5.02 Å². The number of halogens is 2. The third-order valence-corrected chi connectivity index (χ3v) is 7.96. The lowest BCUT2D eigenvalue weighted by Gasteiger charge is -2.47. The predicted molar refractivity (Wildman–Crippen MR) is 153 cm³/mol. The fourth-order valence-electron chi connectivity index (χ4n) is 5.57. The van der Waals surface area contributed by atoms with Gasteiger partial charge in [0, 0.05) is 43.5 Å². The molecule has 0 aliphatic carbocycles. The lowest BCUT2D eigenvalue weighted by Crippen LogP contribution is -2.61. The predicted octanol–water partition coefficient (Wildman–Crippen LogP) is 5.15. The molecule has 0 bridgehead atoms. The van der Waals surface area contributed by atoms with Crippen molar-refractivity contribution in [3.05, 3.63) is 76.5 Å². The Bertz CT molecular complexity index is 1480. The zero-order valence-electron chi connectivity index (χ0n) is 23.4. The third-order valence-electron chi connectivity index (χ3n) is 7.65. The Morgan fingerprint density at radius 1 is 1.05 bits per heavy atom. The Morgan fingerprint density at radius 2 is 1.82 bits per heavy atom. The van der Waals surface area contributed by atoms with Gasteiger partial charge in [-0.05, 0) is 61.9 Å². The topological polar surface area (TPSA) is 78.9 Å². The molecule has 40 heavy (non-hydrogen) atoms. The number of esters is 1. The molecule has 210 valence electrons. The zero-order valence-corrected chi connectivity index (χ0v) is 24.1. The highest BCUT2D eigenvalue weighted by Gasteiger charge is 2.41. The van der Waals surface area contributed by atoms with Crippen molar-refractivity contribution in [3.8, 4) is 0 Å². The number of rotatable bonds is 5. The van der Waals surface area contributed by atoms with Crippen molar-refractivity contribution in [1.29, 1.82) is 0 Å². The van der Waals surface area contributed by atoms with E-state index in [-0.39, 0.29) is 28.7 Å². The number of fused-ring (bicyclic) bond motifs is 1. The second kappa shape index (κ2) is 10.4. The molecule has 1 saturated heterocycles. The molecule has 3 aromatic rings. The molecule has 1 aromatic carbocycles. The molecule has 0 N–H and O–H groups in total. The highest BCUT2D eigenvalue weighted by atomic mass is 35.5. The molecule has 0 unspecified atom stereocenters. The first-order chi connectivity index (χ1) is 18.9. The van der Waals surface area contributed by atoms with Crippen molar-refractivity contribution >= 4 is 40.7 Å². The molecule has 2 aliphatic rings. The smallest absolute Gasteiger partial charge is 0.309 e. The number of amides is 1. The summed E-state index contributed by atoms with van der Waals surface area (Å²) in [5, 5.41) is 0.0777. The normalized spacial score (nSPS) is 17.5. The summed E-state index contributed by atoms with van der Waals surface area (Å²) in [5.41, 5.74) is 2.71. The lowest BCUT2D eigenvalue weighted by atomic mass is 9.91. The first-order valence-corrected chi connectivity index (χ1v) is 13.6. The molecule has 5 rings (SSSR count). The van der Waals surface area contributed by atoms with Crippen LogP contribution in [0.3, 0.4) is 0 Å². The van der Waals surface area contributed by atoms with E-state index in [1.54, 1.807) is 30.5 Å². The average molecular weight is 566 g/mol. The lowest BCUT2D eigenvalue weighted by molar-refractivity contribution is -0.139. The van der Waals surface area contributed by atoms with Gasteiger partial charge in [0.1, 0.15) is 17.3 Å². The summed E-state index contributed by atoms with van der Waals surface area (Å²) in [6, 6.07) is 12.1. The minimum Gasteiger partial charge on any atom is -0.469 e. The molecule has 1 fully saturated rings. The number of carbonyl (C=O) groups is 2. The second-order valence-electron chi connectivity index (χ2n) is 11.6. The van der Waals surface area contributed by atoms with Gasteiger partial charge in [-0.25, -0.2) is 14.4 Å². The number of benzene rings is 1. The van der Waals surface area contributed by atoms with Crippen LogP contribution in [-0.2, 0) is 21.4 Å². The highest BCUT2D eigenvalue weighted by Crippen LogP contribution is 2.44. The van der Waals surface area contributed by atoms with Crippen LogP contribution in [0, 0.1) is 5.82 Å². The first kappa shape index (κ1) is 27.8. The summed E-state index contributed by atoms with van der Waals surface area (Å²) in [4.78, 5) is 40.9. The monoisotopic (exact) mass is 565 g/mol. The van der Waals surface area contributed by atoms with E-state index in [1.165, 1.54) is 13.2 Å². The van der Waals surface area contributed by atoms with Gasteiger partial charge in [0.05, 0.1) is 35.5 Å². The van der Waals surface area contributed by atoms with Crippen molar-refractivity contribution in [2.45, 2.75) is 45.1 Å². The summed E-state index contributed by atoms with van der Waals surface area (Å²) < 4.78 is 19.0. The van der Waals surface area contributed by atoms with Crippen molar-refractivity contribution in [1.82, 2.24) is 14.9 Å². The van der Waals surface area contributed by atoms with Crippen LogP contribution in [0.1, 0.15) is 49.4 Å². The van der Waals surface area contributed by atoms with Gasteiger partial charge in [-0.2, -0.15) is 0 Å². The molecular weight excluding hydrogens is 533 g/mol. The van der Waals surface area contributed by atoms with Crippen molar-refractivity contribution in [3.63, 3.8) is 0 Å². The maximum Gasteiger partial charge on any atom is 0.309 e. The first-order valence-electron chi connectivity index (χ1n) is 13.2. The Morgan fingerprint density at radius 3 is 2.52 bits per heavy atom. The number of aromatic nitrogens is 2. The van der Waals surface area contributed by atoms with Gasteiger partial charge in [-0.3, -0.25) is 9.59 Å². The molecule has 8 nitrogen and oxygen atoms in total. The van der Waals surface area contributed by atoms with Gasteiger partial charge in [0.25, 0.3) is 5.91 Å². The Hall–Kier alpha value is -3.72. The molecule has 0 radical (unpaired) electrons. The van der Waals surface area contributed by atoms with E-state index in [0.717, 1.165) is 22.8 Å². The van der Waals surface area contributed by atoms with Gasteiger partial charge in [-0.15, -0.1) is 0 Å². The number of hydrogen-bond donors (Lipinski definition) is 0. The fourth-order valence-corrected chi connectivity index (χ4v) is 5.69. The van der Waals surface area contributed by atoms with Crippen LogP contribution in [-0.4, -0.2) is 65.6 Å². The third kappa shape index (κ3) is 5.22. The quantitative estimate of drug-likeness (QED) is 0.396. The SMILES string of the molecule is COC(=O)Cc1ccnc(N2CCN(C(=O)c3ccc4c(n3)C(C)(C)CN4c3ccc(Cl)c(F)c3)C(C)(C)C2)c1. The molecule has 0 saturated carbocycles. The average Bonchev–Trinajstić information content (AvgIpc) is 3.19. The van der Waals surface area contributed by atoms with Crippen LogP contribution in [0.25, 0.3) is 0 Å². The molecule has 2 aromatic heterocycles. The molecule has 1 amide bonds. The Labute approximate surface area is 238 Å². The van der Waals surface area contributed by atoms with E-state index >= 15 is 0 Å². The van der Waals surface area contributed by atoms with Gasteiger partial charge in [0.15, 0.2) is 0 Å². The van der Waals surface area contributed by atoms with E-state index in [2.05, 4.69) is 23.7 Å². The largest absolute Gasteiger partial charge is 0.469 e. The van der Waals surface area contributed by atoms with E-state index in [1.807, 2.05) is 35.8 Å². The number of nitrogens with zero attached hydrogens (tertiary/aromatic N) is 5. The van der Waals surface area contributed by atoms with Crippen molar-refractivity contribution < 1.29 is 18.7 Å². The standard InChI is InChI=1S/C30H33ClFN5O3/c1-29(2)17-36(20-6-7-21(31)22(32)16-20)24-9-8-23(34-27(24)29)28(39)37-13-12-35(18-30(37,3)4)25-14-19(10-11-33-25)15-26(38)40-5/h6-11,14,16H,12-13,15,17-18H2,1-5H3. The summed E-state index contributed by atoms with van der Waals surface area (Å²) in [6.07, 6.45) is 1.87. The molecule has 0 atom stereocenters. The van der Waals surface area contributed by atoms with Gasteiger partial charge in [-0.1, -0.05) is 25.4 Å². The summed E-state index contributed by atoms with van der Waals surface area (Å²) in [5.74, 6) is -0.150. The molecule has 10 heteroatoms.